The molecule has 1 aromatic heterocycles. The van der Waals surface area contributed by atoms with E-state index in [4.69, 9.17) is 5.73 Å². The summed E-state index contributed by atoms with van der Waals surface area (Å²) in [5.41, 5.74) is 6.64. The Morgan fingerprint density at radius 3 is 3.00 bits per heavy atom. The molecule has 21 heavy (non-hydrogen) atoms. The summed E-state index contributed by atoms with van der Waals surface area (Å²) in [7, 11) is 0. The molecule has 7 heteroatoms. The third-order valence-electron chi connectivity index (χ3n) is 3.62. The zero-order valence-electron chi connectivity index (χ0n) is 11.9. The Morgan fingerprint density at radius 1 is 1.48 bits per heavy atom. The average Bonchev–Trinajstić information content (AvgIpc) is 3.22. The van der Waals surface area contributed by atoms with Crippen LogP contribution >= 0.6 is 11.8 Å². The highest BCUT2D eigenvalue weighted by molar-refractivity contribution is 7.99. The maximum absolute atomic E-state index is 14.1. The summed E-state index contributed by atoms with van der Waals surface area (Å²) in [6, 6.07) is 5.45. The maximum Gasteiger partial charge on any atom is 0.214 e. The molecule has 1 heterocycles. The Morgan fingerprint density at radius 2 is 2.29 bits per heavy atom. The number of nitrogens with two attached hydrogens (primary N) is 1. The van der Waals surface area contributed by atoms with Crippen LogP contribution in [0.5, 0.6) is 0 Å². The van der Waals surface area contributed by atoms with E-state index < -0.39 is 0 Å². The van der Waals surface area contributed by atoms with Crippen LogP contribution in [0.1, 0.15) is 37.8 Å². The lowest BCUT2D eigenvalue weighted by molar-refractivity contribution is 0.562. The van der Waals surface area contributed by atoms with E-state index in [0.29, 0.717) is 18.0 Å². The Labute approximate surface area is 127 Å². The highest BCUT2D eigenvalue weighted by Crippen LogP contribution is 2.39. The van der Waals surface area contributed by atoms with Gasteiger partial charge >= 0.3 is 0 Å². The first kappa shape index (κ1) is 14.5. The van der Waals surface area contributed by atoms with E-state index in [2.05, 4.69) is 15.5 Å². The Kier molecular flexibility index (Phi) is 4.21. The SMILES string of the molecule is CCC(N)Cc1c(F)cccc1Sc1nnnn1C1CC1. The summed E-state index contributed by atoms with van der Waals surface area (Å²) in [6.07, 6.45) is 3.55. The molecule has 1 atom stereocenters. The standard InChI is InChI=1S/C14H18FN5S/c1-2-9(16)8-11-12(15)4-3-5-13(11)21-14-17-18-19-20(14)10-6-7-10/h3-5,9-10H,2,6-8,16H2,1H3. The van der Waals surface area contributed by atoms with Gasteiger partial charge in [0.25, 0.3) is 0 Å². The monoisotopic (exact) mass is 307 g/mol. The molecular formula is C14H18FN5S. The molecule has 0 bridgehead atoms. The minimum atomic E-state index is -0.214. The summed E-state index contributed by atoms with van der Waals surface area (Å²) >= 11 is 1.41. The first-order valence-corrected chi connectivity index (χ1v) is 7.99. The number of rotatable bonds is 6. The molecule has 1 fully saturated rings. The van der Waals surface area contributed by atoms with Crippen LogP contribution in [-0.2, 0) is 6.42 Å². The minimum absolute atomic E-state index is 0.0410. The highest BCUT2D eigenvalue weighted by atomic mass is 32.2. The molecule has 5 nitrogen and oxygen atoms in total. The van der Waals surface area contributed by atoms with Crippen LogP contribution in [0, 0.1) is 5.82 Å². The fraction of sp³-hybridized carbons (Fsp3) is 0.500. The van der Waals surface area contributed by atoms with Gasteiger partial charge in [-0.15, -0.1) is 5.10 Å². The van der Waals surface area contributed by atoms with Crippen molar-refractivity contribution >= 4 is 11.8 Å². The molecule has 2 aromatic rings. The van der Waals surface area contributed by atoms with Crippen LogP contribution in [0.3, 0.4) is 0 Å². The molecule has 0 spiro atoms. The molecule has 3 rings (SSSR count). The van der Waals surface area contributed by atoms with Crippen molar-refractivity contribution in [3.63, 3.8) is 0 Å². The number of nitrogens with zero attached hydrogens (tertiary/aromatic N) is 4. The van der Waals surface area contributed by atoms with Crippen LogP contribution in [0.2, 0.25) is 0 Å². The number of halogens is 1. The lowest BCUT2D eigenvalue weighted by Gasteiger charge is -2.13. The summed E-state index contributed by atoms with van der Waals surface area (Å²) in [6.45, 7) is 2.01. The van der Waals surface area contributed by atoms with E-state index >= 15 is 0 Å². The van der Waals surface area contributed by atoms with Gasteiger partial charge in [0, 0.05) is 16.5 Å². The van der Waals surface area contributed by atoms with Crippen LogP contribution in [0.15, 0.2) is 28.3 Å². The lowest BCUT2D eigenvalue weighted by Crippen LogP contribution is -2.22. The predicted molar refractivity (Wildman–Crippen MR) is 78.6 cm³/mol. The van der Waals surface area contributed by atoms with Crippen molar-refractivity contribution in [2.24, 2.45) is 5.73 Å². The predicted octanol–water partition coefficient (Wildman–Crippen LogP) is 2.58. The molecule has 0 amide bonds. The van der Waals surface area contributed by atoms with E-state index in [1.165, 1.54) is 17.8 Å². The van der Waals surface area contributed by atoms with Gasteiger partial charge in [-0.3, -0.25) is 0 Å². The lowest BCUT2D eigenvalue weighted by atomic mass is 10.0. The number of hydrogen-bond donors (Lipinski definition) is 1. The quantitative estimate of drug-likeness (QED) is 0.888. The van der Waals surface area contributed by atoms with Gasteiger partial charge in [-0.05, 0) is 60.0 Å². The Hall–Kier alpha value is -1.47. The zero-order chi connectivity index (χ0) is 14.8. The van der Waals surface area contributed by atoms with Crippen LogP contribution in [0.4, 0.5) is 4.39 Å². The topological polar surface area (TPSA) is 69.6 Å². The van der Waals surface area contributed by atoms with Crippen LogP contribution < -0.4 is 5.73 Å². The van der Waals surface area contributed by atoms with Crippen LogP contribution in [0.25, 0.3) is 0 Å². The van der Waals surface area contributed by atoms with Crippen molar-refractivity contribution in [2.45, 2.75) is 54.7 Å². The second kappa shape index (κ2) is 6.11. The second-order valence-corrected chi connectivity index (χ2v) is 6.34. The molecular weight excluding hydrogens is 289 g/mol. The fourth-order valence-corrected chi connectivity index (χ4v) is 3.14. The molecule has 0 radical (unpaired) electrons. The van der Waals surface area contributed by atoms with Crippen LogP contribution in [-0.4, -0.2) is 26.2 Å². The van der Waals surface area contributed by atoms with Crippen molar-refractivity contribution in [1.29, 1.82) is 0 Å². The number of tetrazole rings is 1. The first-order chi connectivity index (χ1) is 10.2. The zero-order valence-corrected chi connectivity index (χ0v) is 12.7. The average molecular weight is 307 g/mol. The minimum Gasteiger partial charge on any atom is -0.327 e. The van der Waals surface area contributed by atoms with Gasteiger partial charge in [0.05, 0.1) is 6.04 Å². The molecule has 1 aliphatic rings. The molecule has 1 unspecified atom stereocenters. The summed E-state index contributed by atoms with van der Waals surface area (Å²) < 4.78 is 16.0. The summed E-state index contributed by atoms with van der Waals surface area (Å²) in [4.78, 5) is 0.843. The van der Waals surface area contributed by atoms with E-state index in [-0.39, 0.29) is 11.9 Å². The normalized spacial score (nSPS) is 16.1. The maximum atomic E-state index is 14.1. The van der Waals surface area contributed by atoms with Gasteiger partial charge in [0.15, 0.2) is 0 Å². The van der Waals surface area contributed by atoms with E-state index in [9.17, 15) is 4.39 Å². The number of benzene rings is 1. The third kappa shape index (κ3) is 3.24. The van der Waals surface area contributed by atoms with Crippen molar-refractivity contribution in [2.75, 3.05) is 0 Å². The molecule has 0 saturated heterocycles. The Balaban J connectivity index is 1.87. The van der Waals surface area contributed by atoms with Gasteiger partial charge in [0.1, 0.15) is 5.82 Å². The fourth-order valence-electron chi connectivity index (χ4n) is 2.14. The second-order valence-electron chi connectivity index (χ2n) is 5.33. The van der Waals surface area contributed by atoms with Crippen molar-refractivity contribution in [3.8, 4) is 0 Å². The van der Waals surface area contributed by atoms with Crippen molar-refractivity contribution in [1.82, 2.24) is 20.2 Å². The van der Waals surface area contributed by atoms with Gasteiger partial charge in [-0.2, -0.15) is 0 Å². The number of hydrogen-bond acceptors (Lipinski definition) is 5. The van der Waals surface area contributed by atoms with Crippen molar-refractivity contribution < 1.29 is 4.39 Å². The molecule has 1 aromatic carbocycles. The molecule has 1 aliphatic carbocycles. The summed E-state index contributed by atoms with van der Waals surface area (Å²) in [5.74, 6) is -0.214. The molecule has 2 N–H and O–H groups in total. The van der Waals surface area contributed by atoms with Crippen molar-refractivity contribution in [3.05, 3.63) is 29.6 Å². The molecule has 1 saturated carbocycles. The van der Waals surface area contributed by atoms with E-state index in [1.54, 1.807) is 6.07 Å². The van der Waals surface area contributed by atoms with E-state index in [0.717, 1.165) is 29.3 Å². The smallest absolute Gasteiger partial charge is 0.214 e. The number of aromatic nitrogens is 4. The molecule has 0 aliphatic heterocycles. The first-order valence-electron chi connectivity index (χ1n) is 7.17. The van der Waals surface area contributed by atoms with Gasteiger partial charge < -0.3 is 5.73 Å². The molecule has 112 valence electrons. The highest BCUT2D eigenvalue weighted by Gasteiger charge is 2.28. The third-order valence-corrected chi connectivity index (χ3v) is 4.68. The van der Waals surface area contributed by atoms with Gasteiger partial charge in [-0.25, -0.2) is 9.07 Å². The van der Waals surface area contributed by atoms with Gasteiger partial charge in [-0.1, -0.05) is 13.0 Å². The summed E-state index contributed by atoms with van der Waals surface area (Å²) in [5, 5.41) is 12.5. The van der Waals surface area contributed by atoms with Gasteiger partial charge in [0.2, 0.25) is 5.16 Å². The van der Waals surface area contributed by atoms with E-state index in [1.807, 2.05) is 17.7 Å². The largest absolute Gasteiger partial charge is 0.327 e. The Bertz CT molecular complexity index is 626.